The second kappa shape index (κ2) is 9.77. The number of hydrogen-bond donors (Lipinski definition) is 0. The molecule has 190 valence electrons. The van der Waals surface area contributed by atoms with Crippen LogP contribution in [0.2, 0.25) is 5.02 Å². The Labute approximate surface area is 216 Å². The molecule has 8 heteroatoms. The number of hydrogen-bond acceptors (Lipinski definition) is 4. The summed E-state index contributed by atoms with van der Waals surface area (Å²) in [6.45, 7) is 14.5. The minimum atomic E-state index is -0.979. The smallest absolute Gasteiger partial charge is 0.259 e. The van der Waals surface area contributed by atoms with Crippen LogP contribution in [-0.2, 0) is 15.0 Å². The van der Waals surface area contributed by atoms with E-state index in [0.29, 0.717) is 42.3 Å². The van der Waals surface area contributed by atoms with Crippen molar-refractivity contribution in [3.05, 3.63) is 65.1 Å². The molecule has 2 aliphatic heterocycles. The van der Waals surface area contributed by atoms with E-state index in [1.54, 1.807) is 29.2 Å². The van der Waals surface area contributed by atoms with Gasteiger partial charge in [-0.05, 0) is 57.4 Å². The average Bonchev–Trinajstić information content (AvgIpc) is 2.82. The number of piperazine rings is 1. The first-order chi connectivity index (χ1) is 17.0. The van der Waals surface area contributed by atoms with Gasteiger partial charge in [0.1, 0.15) is 11.7 Å². The summed E-state index contributed by atoms with van der Waals surface area (Å²) in [5, 5.41) is 0.286. The van der Waals surface area contributed by atoms with E-state index < -0.39 is 11.2 Å². The molecule has 1 fully saturated rings. The lowest BCUT2D eigenvalue weighted by Gasteiger charge is -2.46. The Kier molecular flexibility index (Phi) is 7.06. The van der Waals surface area contributed by atoms with Gasteiger partial charge < -0.3 is 9.80 Å². The van der Waals surface area contributed by atoms with Crippen LogP contribution >= 0.6 is 11.6 Å². The van der Waals surface area contributed by atoms with Crippen LogP contribution < -0.4 is 0 Å². The number of pyridine rings is 1. The van der Waals surface area contributed by atoms with Crippen molar-refractivity contribution in [1.29, 1.82) is 0 Å². The first-order valence-corrected chi connectivity index (χ1v) is 12.6. The molecule has 3 atom stereocenters. The van der Waals surface area contributed by atoms with Crippen LogP contribution in [0.4, 0.5) is 4.39 Å². The molecule has 3 heterocycles. The Morgan fingerprint density at radius 1 is 1.25 bits per heavy atom. The summed E-state index contributed by atoms with van der Waals surface area (Å²) in [6.07, 6.45) is 1.86. The van der Waals surface area contributed by atoms with Crippen LogP contribution in [0, 0.1) is 11.7 Å². The van der Waals surface area contributed by atoms with Crippen LogP contribution in [0.1, 0.15) is 52.3 Å². The van der Waals surface area contributed by atoms with E-state index in [4.69, 9.17) is 16.6 Å². The zero-order chi connectivity index (χ0) is 26.4. The van der Waals surface area contributed by atoms with Gasteiger partial charge in [-0.3, -0.25) is 9.59 Å². The third kappa shape index (κ3) is 4.45. The van der Waals surface area contributed by atoms with Gasteiger partial charge in [-0.2, -0.15) is 4.99 Å². The molecule has 36 heavy (non-hydrogen) atoms. The van der Waals surface area contributed by atoms with Crippen LogP contribution in [0.25, 0.3) is 11.3 Å². The molecule has 0 N–H and O–H groups in total. The van der Waals surface area contributed by atoms with Crippen molar-refractivity contribution in [3.8, 4) is 11.3 Å². The quantitative estimate of drug-likeness (QED) is 0.528. The number of aliphatic imine (C=N–C) groups is 1. The van der Waals surface area contributed by atoms with Crippen molar-refractivity contribution in [2.24, 2.45) is 10.9 Å². The van der Waals surface area contributed by atoms with E-state index in [0.717, 1.165) is 0 Å². The molecular formula is C28H32ClFN4O2. The molecule has 1 saturated heterocycles. The summed E-state index contributed by atoms with van der Waals surface area (Å²) >= 11 is 6.70. The molecule has 2 amide bonds. The maximum absolute atomic E-state index is 14.7. The monoisotopic (exact) mass is 510 g/mol. The van der Waals surface area contributed by atoms with E-state index in [9.17, 15) is 14.0 Å². The SMILES string of the molecule is C=CC(=O)N1C[C@H](C)N(C2=NC(=O)C(C)(CC(C)C)c3nc(-c4ccccc4F)c(Cl)cc32)C[C@H]1C. The predicted octanol–water partition coefficient (Wildman–Crippen LogP) is 5.24. The van der Waals surface area contributed by atoms with E-state index in [2.05, 4.69) is 11.6 Å². The highest BCUT2D eigenvalue weighted by atomic mass is 35.5. The van der Waals surface area contributed by atoms with Crippen molar-refractivity contribution >= 4 is 29.3 Å². The molecule has 0 aliphatic carbocycles. The van der Waals surface area contributed by atoms with Gasteiger partial charge in [0.15, 0.2) is 0 Å². The first-order valence-electron chi connectivity index (χ1n) is 12.3. The minimum absolute atomic E-state index is 0.107. The third-order valence-electron chi connectivity index (χ3n) is 7.08. The first kappa shape index (κ1) is 26.0. The number of carbonyl (C=O) groups is 2. The Morgan fingerprint density at radius 3 is 2.58 bits per heavy atom. The second-order valence-electron chi connectivity index (χ2n) is 10.4. The number of amidine groups is 1. The standard InChI is InChI=1S/C28H32ClFN4O2/c1-7-23(35)33-14-18(5)34(15-17(33)4)26-20-12-21(29)24(19-10-8-9-11-22(19)30)31-25(20)28(6,13-16(2)3)27(36)32-26/h7-12,16-18H,1,13-15H2,2-6H3/t17-,18+,28?/m1/s1. The lowest BCUT2D eigenvalue weighted by molar-refractivity contribution is -0.131. The van der Waals surface area contributed by atoms with Gasteiger partial charge >= 0.3 is 0 Å². The number of nitrogens with zero attached hydrogens (tertiary/aromatic N) is 4. The van der Waals surface area contributed by atoms with Crippen molar-refractivity contribution in [1.82, 2.24) is 14.8 Å². The van der Waals surface area contributed by atoms with E-state index in [1.807, 2.05) is 39.5 Å². The molecule has 0 bridgehead atoms. The van der Waals surface area contributed by atoms with Gasteiger partial charge in [-0.15, -0.1) is 0 Å². The van der Waals surface area contributed by atoms with Gasteiger partial charge in [0.05, 0.1) is 21.8 Å². The normalized spacial score (nSPS) is 24.0. The van der Waals surface area contributed by atoms with Crippen LogP contribution in [-0.4, -0.2) is 57.6 Å². The van der Waals surface area contributed by atoms with Crippen LogP contribution in [0.15, 0.2) is 48.0 Å². The maximum Gasteiger partial charge on any atom is 0.259 e. The number of rotatable bonds is 4. The number of carbonyl (C=O) groups excluding carboxylic acids is 2. The summed E-state index contributed by atoms with van der Waals surface area (Å²) in [4.78, 5) is 39.3. The van der Waals surface area contributed by atoms with Gasteiger partial charge in [0.25, 0.3) is 5.91 Å². The van der Waals surface area contributed by atoms with Gasteiger partial charge in [0.2, 0.25) is 5.91 Å². The average molecular weight is 511 g/mol. The number of amides is 2. The zero-order valence-electron chi connectivity index (χ0n) is 21.4. The van der Waals surface area contributed by atoms with Crippen molar-refractivity contribution < 1.29 is 14.0 Å². The lowest BCUT2D eigenvalue weighted by atomic mass is 9.74. The van der Waals surface area contributed by atoms with Crippen molar-refractivity contribution in [2.75, 3.05) is 13.1 Å². The molecule has 0 spiro atoms. The Morgan fingerprint density at radius 2 is 1.94 bits per heavy atom. The molecule has 2 aliphatic rings. The molecular weight excluding hydrogens is 479 g/mol. The van der Waals surface area contributed by atoms with Gasteiger partial charge in [-0.1, -0.05) is 44.2 Å². The molecule has 0 radical (unpaired) electrons. The van der Waals surface area contributed by atoms with Gasteiger partial charge in [-0.25, -0.2) is 9.37 Å². The summed E-state index contributed by atoms with van der Waals surface area (Å²) in [7, 11) is 0. The second-order valence-corrected chi connectivity index (χ2v) is 10.8. The lowest BCUT2D eigenvalue weighted by Crippen LogP contribution is -2.60. The molecule has 1 aromatic carbocycles. The highest BCUT2D eigenvalue weighted by molar-refractivity contribution is 6.33. The summed E-state index contributed by atoms with van der Waals surface area (Å²) in [6, 6.07) is 7.88. The molecule has 2 aromatic rings. The number of benzene rings is 1. The topological polar surface area (TPSA) is 65.9 Å². The molecule has 4 rings (SSSR count). The number of aromatic nitrogens is 1. The van der Waals surface area contributed by atoms with E-state index in [-0.39, 0.29) is 40.4 Å². The van der Waals surface area contributed by atoms with E-state index in [1.165, 1.54) is 12.1 Å². The highest BCUT2D eigenvalue weighted by Gasteiger charge is 2.46. The third-order valence-corrected chi connectivity index (χ3v) is 7.37. The molecule has 1 aromatic heterocycles. The summed E-state index contributed by atoms with van der Waals surface area (Å²) in [5.74, 6) is -0.141. The molecule has 0 saturated carbocycles. The highest BCUT2D eigenvalue weighted by Crippen LogP contribution is 2.41. The zero-order valence-corrected chi connectivity index (χ0v) is 22.1. The fraction of sp³-hybridized carbons (Fsp3) is 0.429. The Bertz CT molecular complexity index is 1260. The molecule has 1 unspecified atom stereocenters. The van der Waals surface area contributed by atoms with Crippen molar-refractivity contribution in [2.45, 2.75) is 58.5 Å². The van der Waals surface area contributed by atoms with Crippen molar-refractivity contribution in [3.63, 3.8) is 0 Å². The van der Waals surface area contributed by atoms with Gasteiger partial charge in [0, 0.05) is 36.3 Å². The number of fused-ring (bicyclic) bond motifs is 1. The fourth-order valence-corrected chi connectivity index (χ4v) is 5.62. The summed E-state index contributed by atoms with van der Waals surface area (Å²) in [5.41, 5.74) is 0.837. The Balaban J connectivity index is 1.87. The predicted molar refractivity (Wildman–Crippen MR) is 141 cm³/mol. The van der Waals surface area contributed by atoms with Crippen LogP contribution in [0.5, 0.6) is 0 Å². The van der Waals surface area contributed by atoms with E-state index >= 15 is 0 Å². The minimum Gasteiger partial charge on any atom is -0.349 e. The number of halogens is 2. The Hall–Kier alpha value is -3.06. The van der Waals surface area contributed by atoms with Crippen LogP contribution in [0.3, 0.4) is 0 Å². The maximum atomic E-state index is 14.7. The molecule has 6 nitrogen and oxygen atoms in total. The fourth-order valence-electron chi connectivity index (χ4n) is 5.37. The largest absolute Gasteiger partial charge is 0.349 e. The summed E-state index contributed by atoms with van der Waals surface area (Å²) < 4.78 is 14.7.